The molecule has 1 aliphatic heterocycles. The fourth-order valence-corrected chi connectivity index (χ4v) is 1.41. The molecular weight excluding hydrogens is 228 g/mol. The summed E-state index contributed by atoms with van der Waals surface area (Å²) in [6.07, 6.45) is 0. The van der Waals surface area contributed by atoms with Crippen LogP contribution in [0, 0.1) is 0 Å². The lowest BCUT2D eigenvalue weighted by atomic mass is 10.3. The number of rotatable bonds is 3. The van der Waals surface area contributed by atoms with E-state index in [1.54, 1.807) is 19.1 Å². The second kappa shape index (κ2) is 4.45. The van der Waals surface area contributed by atoms with Crippen molar-refractivity contribution in [3.63, 3.8) is 0 Å². The Bertz CT molecular complexity index is 440. The first-order chi connectivity index (χ1) is 7.66. The number of hydrogen-bond donors (Lipinski definition) is 2. The minimum Gasteiger partial charge on any atom is -0.456 e. The predicted octanol–water partition coefficient (Wildman–Crippen LogP) is 2.09. The standard InChI is InChI=1S/C11H11ClN2O2/c1-7-10(6-16-11(7)15)14-13-9-4-2-8(12)3-5-9/h2-5,13-14H,6H2,1H3. The van der Waals surface area contributed by atoms with Gasteiger partial charge >= 0.3 is 5.97 Å². The van der Waals surface area contributed by atoms with E-state index in [1.807, 2.05) is 12.1 Å². The number of esters is 1. The monoisotopic (exact) mass is 238 g/mol. The van der Waals surface area contributed by atoms with Crippen molar-refractivity contribution in [1.82, 2.24) is 5.43 Å². The van der Waals surface area contributed by atoms with Crippen LogP contribution in [0.25, 0.3) is 0 Å². The van der Waals surface area contributed by atoms with Crippen molar-refractivity contribution in [1.29, 1.82) is 0 Å². The highest BCUT2D eigenvalue weighted by Gasteiger charge is 2.20. The first kappa shape index (κ1) is 10.8. The van der Waals surface area contributed by atoms with Crippen molar-refractivity contribution in [2.24, 2.45) is 0 Å². The van der Waals surface area contributed by atoms with Crippen molar-refractivity contribution in [3.8, 4) is 0 Å². The molecule has 1 heterocycles. The zero-order chi connectivity index (χ0) is 11.5. The maximum absolute atomic E-state index is 11.1. The quantitative estimate of drug-likeness (QED) is 0.625. The van der Waals surface area contributed by atoms with Crippen molar-refractivity contribution in [2.45, 2.75) is 6.92 Å². The molecule has 0 unspecified atom stereocenters. The van der Waals surface area contributed by atoms with Crippen molar-refractivity contribution >= 4 is 23.3 Å². The molecule has 0 fully saturated rings. The molecule has 0 amide bonds. The largest absolute Gasteiger partial charge is 0.456 e. The van der Waals surface area contributed by atoms with Gasteiger partial charge in [0.2, 0.25) is 0 Å². The van der Waals surface area contributed by atoms with Gasteiger partial charge in [-0.25, -0.2) is 4.79 Å². The Labute approximate surface area is 98.2 Å². The van der Waals surface area contributed by atoms with Gasteiger partial charge in [-0.3, -0.25) is 0 Å². The lowest BCUT2D eigenvalue weighted by Crippen LogP contribution is -2.22. The van der Waals surface area contributed by atoms with Crippen LogP contribution in [0.4, 0.5) is 5.69 Å². The second-order valence-electron chi connectivity index (χ2n) is 3.44. The number of carbonyl (C=O) groups is 1. The Balaban J connectivity index is 1.98. The number of hydrazine groups is 1. The van der Waals surface area contributed by atoms with Gasteiger partial charge in [0, 0.05) is 5.02 Å². The smallest absolute Gasteiger partial charge is 0.336 e. The molecule has 0 bridgehead atoms. The Hall–Kier alpha value is -1.68. The average molecular weight is 239 g/mol. The number of hydrogen-bond acceptors (Lipinski definition) is 4. The third-order valence-electron chi connectivity index (χ3n) is 2.31. The molecule has 0 saturated heterocycles. The third kappa shape index (κ3) is 2.28. The molecule has 1 aliphatic rings. The number of benzene rings is 1. The van der Waals surface area contributed by atoms with E-state index in [0.29, 0.717) is 10.6 Å². The molecule has 0 saturated carbocycles. The van der Waals surface area contributed by atoms with Crippen molar-refractivity contribution in [2.75, 3.05) is 12.0 Å². The Morgan fingerprint density at radius 1 is 1.25 bits per heavy atom. The second-order valence-corrected chi connectivity index (χ2v) is 3.87. The van der Waals surface area contributed by atoms with Gasteiger partial charge < -0.3 is 15.6 Å². The van der Waals surface area contributed by atoms with E-state index in [2.05, 4.69) is 10.9 Å². The summed E-state index contributed by atoms with van der Waals surface area (Å²) in [6, 6.07) is 7.23. The van der Waals surface area contributed by atoms with Gasteiger partial charge in [-0.05, 0) is 31.2 Å². The summed E-state index contributed by atoms with van der Waals surface area (Å²) < 4.78 is 4.85. The van der Waals surface area contributed by atoms with Crippen molar-refractivity contribution in [3.05, 3.63) is 40.6 Å². The molecule has 0 atom stereocenters. The van der Waals surface area contributed by atoms with Gasteiger partial charge in [0.25, 0.3) is 0 Å². The van der Waals surface area contributed by atoms with Gasteiger partial charge in [0.1, 0.15) is 6.61 Å². The van der Waals surface area contributed by atoms with Crippen LogP contribution < -0.4 is 10.9 Å². The first-order valence-corrected chi connectivity index (χ1v) is 5.19. The molecular formula is C11H11ClN2O2. The highest BCUT2D eigenvalue weighted by atomic mass is 35.5. The maximum Gasteiger partial charge on any atom is 0.336 e. The van der Waals surface area contributed by atoms with Gasteiger partial charge in [-0.2, -0.15) is 0 Å². The van der Waals surface area contributed by atoms with Crippen LogP contribution in [0.3, 0.4) is 0 Å². The lowest BCUT2D eigenvalue weighted by molar-refractivity contribution is -0.135. The third-order valence-corrected chi connectivity index (χ3v) is 2.56. The fourth-order valence-electron chi connectivity index (χ4n) is 1.29. The molecule has 0 aromatic heterocycles. The molecule has 1 aromatic rings. The normalized spacial score (nSPS) is 15.0. The van der Waals surface area contributed by atoms with Gasteiger partial charge in [0.15, 0.2) is 0 Å². The first-order valence-electron chi connectivity index (χ1n) is 4.81. The molecule has 0 aliphatic carbocycles. The minimum absolute atomic E-state index is 0.277. The summed E-state index contributed by atoms with van der Waals surface area (Å²) in [4.78, 5) is 11.1. The molecule has 2 N–H and O–H groups in total. The fraction of sp³-hybridized carbons (Fsp3) is 0.182. The van der Waals surface area contributed by atoms with Gasteiger partial charge in [-0.1, -0.05) is 11.6 Å². The number of cyclic esters (lactones) is 1. The maximum atomic E-state index is 11.1. The number of ether oxygens (including phenoxy) is 1. The Kier molecular flexibility index (Phi) is 3.01. The van der Waals surface area contributed by atoms with E-state index in [-0.39, 0.29) is 12.6 Å². The number of carbonyl (C=O) groups excluding carboxylic acids is 1. The van der Waals surface area contributed by atoms with E-state index >= 15 is 0 Å². The van der Waals surface area contributed by atoms with Gasteiger partial charge in [-0.15, -0.1) is 0 Å². The lowest BCUT2D eigenvalue weighted by Gasteiger charge is -2.09. The average Bonchev–Trinajstić information content (AvgIpc) is 2.60. The molecule has 5 heteroatoms. The van der Waals surface area contributed by atoms with E-state index in [4.69, 9.17) is 16.3 Å². The highest BCUT2D eigenvalue weighted by Crippen LogP contribution is 2.15. The zero-order valence-corrected chi connectivity index (χ0v) is 9.47. The van der Waals surface area contributed by atoms with Crippen LogP contribution >= 0.6 is 11.6 Å². The summed E-state index contributed by atoms with van der Waals surface area (Å²) in [6.45, 7) is 2.01. The summed E-state index contributed by atoms with van der Waals surface area (Å²) >= 11 is 5.76. The number of nitrogens with one attached hydrogen (secondary N) is 2. The minimum atomic E-state index is -0.277. The SMILES string of the molecule is CC1=C(NNc2ccc(Cl)cc2)COC1=O. The summed E-state index contributed by atoms with van der Waals surface area (Å²) in [5.41, 5.74) is 8.12. The van der Waals surface area contributed by atoms with Crippen molar-refractivity contribution < 1.29 is 9.53 Å². The molecule has 1 aromatic carbocycles. The van der Waals surface area contributed by atoms with E-state index in [1.165, 1.54) is 0 Å². The highest BCUT2D eigenvalue weighted by molar-refractivity contribution is 6.30. The van der Waals surface area contributed by atoms with Crippen LogP contribution in [0.1, 0.15) is 6.92 Å². The van der Waals surface area contributed by atoms with E-state index in [9.17, 15) is 4.79 Å². The zero-order valence-electron chi connectivity index (χ0n) is 8.71. The van der Waals surface area contributed by atoms with E-state index in [0.717, 1.165) is 11.4 Å². The Morgan fingerprint density at radius 3 is 2.50 bits per heavy atom. The predicted molar refractivity (Wildman–Crippen MR) is 61.9 cm³/mol. The molecule has 84 valence electrons. The van der Waals surface area contributed by atoms with Crippen LogP contribution in [0.5, 0.6) is 0 Å². The molecule has 4 nitrogen and oxygen atoms in total. The van der Waals surface area contributed by atoms with E-state index < -0.39 is 0 Å². The number of halogens is 1. The Morgan fingerprint density at radius 2 is 1.94 bits per heavy atom. The summed E-state index contributed by atoms with van der Waals surface area (Å²) in [5.74, 6) is -0.277. The van der Waals surface area contributed by atoms with Crippen LogP contribution in [-0.4, -0.2) is 12.6 Å². The summed E-state index contributed by atoms with van der Waals surface area (Å²) in [7, 11) is 0. The summed E-state index contributed by atoms with van der Waals surface area (Å²) in [5, 5.41) is 0.681. The molecule has 16 heavy (non-hydrogen) atoms. The van der Waals surface area contributed by atoms with Gasteiger partial charge in [0.05, 0.1) is 17.0 Å². The molecule has 2 rings (SSSR count). The number of anilines is 1. The van der Waals surface area contributed by atoms with Crippen LogP contribution in [0.2, 0.25) is 5.02 Å². The van der Waals surface area contributed by atoms with Crippen LogP contribution in [-0.2, 0) is 9.53 Å². The topological polar surface area (TPSA) is 50.4 Å². The molecule has 0 spiro atoms. The van der Waals surface area contributed by atoms with Crippen LogP contribution in [0.15, 0.2) is 35.5 Å². The molecule has 0 radical (unpaired) electrons.